The van der Waals surface area contributed by atoms with Gasteiger partial charge in [-0.3, -0.25) is 19.3 Å². The molecule has 1 heterocycles. The predicted octanol–water partition coefficient (Wildman–Crippen LogP) is 1.72. The van der Waals surface area contributed by atoms with Gasteiger partial charge in [0.2, 0.25) is 11.8 Å². The van der Waals surface area contributed by atoms with Gasteiger partial charge in [0.25, 0.3) is 0 Å². The van der Waals surface area contributed by atoms with Crippen LogP contribution in [-0.2, 0) is 9.59 Å². The van der Waals surface area contributed by atoms with E-state index >= 15 is 0 Å². The monoisotopic (exact) mass is 245 g/mol. The van der Waals surface area contributed by atoms with Crippen molar-refractivity contribution in [3.63, 3.8) is 0 Å². The van der Waals surface area contributed by atoms with Gasteiger partial charge in [0, 0.05) is 18.4 Å². The molecule has 4 heteroatoms. The third-order valence-corrected chi connectivity index (χ3v) is 3.13. The van der Waals surface area contributed by atoms with Crippen molar-refractivity contribution in [2.45, 2.75) is 26.2 Å². The van der Waals surface area contributed by atoms with Crippen LogP contribution in [0.15, 0.2) is 24.3 Å². The Labute approximate surface area is 106 Å². The average molecular weight is 245 g/mol. The molecule has 0 bridgehead atoms. The van der Waals surface area contributed by atoms with Crippen molar-refractivity contribution in [2.24, 2.45) is 0 Å². The molecule has 1 aromatic rings. The van der Waals surface area contributed by atoms with E-state index < -0.39 is 0 Å². The molecule has 0 N–H and O–H groups in total. The molecule has 4 nitrogen and oxygen atoms in total. The molecule has 1 aromatic carbocycles. The van der Waals surface area contributed by atoms with E-state index in [0.29, 0.717) is 24.8 Å². The van der Waals surface area contributed by atoms with Crippen molar-refractivity contribution < 1.29 is 14.4 Å². The lowest BCUT2D eigenvalue weighted by Gasteiger charge is -2.24. The number of amides is 2. The summed E-state index contributed by atoms with van der Waals surface area (Å²) in [6.07, 6.45) is 1.30. The second kappa shape index (κ2) is 5.12. The first kappa shape index (κ1) is 12.5. The Morgan fingerprint density at radius 2 is 1.78 bits per heavy atom. The Kier molecular flexibility index (Phi) is 3.55. The highest BCUT2D eigenvalue weighted by Gasteiger charge is 2.28. The Hall–Kier alpha value is -1.97. The fourth-order valence-corrected chi connectivity index (χ4v) is 2.09. The van der Waals surface area contributed by atoms with Gasteiger partial charge in [0.1, 0.15) is 0 Å². The summed E-state index contributed by atoms with van der Waals surface area (Å²) in [5.41, 5.74) is 1.43. The number of ketones is 1. The number of nitrogens with zero attached hydrogens (tertiary/aromatic N) is 1. The topological polar surface area (TPSA) is 54.5 Å². The van der Waals surface area contributed by atoms with Gasteiger partial charge in [-0.15, -0.1) is 0 Å². The van der Waals surface area contributed by atoms with Crippen LogP contribution >= 0.6 is 0 Å². The van der Waals surface area contributed by atoms with Crippen LogP contribution in [0.4, 0.5) is 0 Å². The first-order chi connectivity index (χ1) is 8.59. The molecule has 0 saturated carbocycles. The van der Waals surface area contributed by atoms with E-state index in [9.17, 15) is 14.4 Å². The van der Waals surface area contributed by atoms with Crippen molar-refractivity contribution >= 4 is 17.6 Å². The summed E-state index contributed by atoms with van der Waals surface area (Å²) in [6, 6.07) is 7.19. The predicted molar refractivity (Wildman–Crippen MR) is 66.1 cm³/mol. The molecule has 0 atom stereocenters. The third kappa shape index (κ3) is 2.47. The Balaban J connectivity index is 2.14. The van der Waals surface area contributed by atoms with Crippen LogP contribution < -0.4 is 0 Å². The van der Waals surface area contributed by atoms with Gasteiger partial charge >= 0.3 is 0 Å². The number of hydrogen-bond donors (Lipinski definition) is 0. The molecule has 1 fully saturated rings. The van der Waals surface area contributed by atoms with E-state index in [2.05, 4.69) is 0 Å². The average Bonchev–Trinajstić information content (AvgIpc) is 2.34. The first-order valence-corrected chi connectivity index (χ1v) is 6.01. The smallest absolute Gasteiger partial charge is 0.229 e. The number of carbonyl (C=O) groups excluding carboxylic acids is 3. The van der Waals surface area contributed by atoms with Crippen molar-refractivity contribution in [2.75, 3.05) is 6.54 Å². The van der Waals surface area contributed by atoms with Crippen LogP contribution in [0.5, 0.6) is 0 Å². The highest BCUT2D eigenvalue weighted by Crippen LogP contribution is 2.14. The molecule has 0 aliphatic carbocycles. The number of aryl methyl sites for hydroxylation is 1. The zero-order chi connectivity index (χ0) is 13.1. The van der Waals surface area contributed by atoms with Gasteiger partial charge in [-0.25, -0.2) is 0 Å². The van der Waals surface area contributed by atoms with Crippen molar-refractivity contribution in [3.8, 4) is 0 Å². The highest BCUT2D eigenvalue weighted by molar-refractivity contribution is 6.06. The second-order valence-electron chi connectivity index (χ2n) is 4.47. The number of imide groups is 1. The molecular weight excluding hydrogens is 230 g/mol. The lowest BCUT2D eigenvalue weighted by atomic mass is 10.0. The summed E-state index contributed by atoms with van der Waals surface area (Å²) in [4.78, 5) is 36.4. The third-order valence-electron chi connectivity index (χ3n) is 3.13. The van der Waals surface area contributed by atoms with Gasteiger partial charge in [-0.05, 0) is 18.9 Å². The molecule has 2 amide bonds. The maximum atomic E-state index is 12.1. The fourth-order valence-electron chi connectivity index (χ4n) is 2.09. The number of hydrogen-bond acceptors (Lipinski definition) is 3. The summed E-state index contributed by atoms with van der Waals surface area (Å²) in [6.45, 7) is 1.70. The number of rotatable bonds is 3. The van der Waals surface area contributed by atoms with E-state index in [1.807, 2.05) is 19.1 Å². The van der Waals surface area contributed by atoms with E-state index in [-0.39, 0.29) is 24.1 Å². The van der Waals surface area contributed by atoms with Crippen LogP contribution in [0.25, 0.3) is 0 Å². The first-order valence-electron chi connectivity index (χ1n) is 6.01. The van der Waals surface area contributed by atoms with Crippen molar-refractivity contribution in [1.82, 2.24) is 4.90 Å². The maximum Gasteiger partial charge on any atom is 0.229 e. The molecule has 0 radical (unpaired) electrons. The van der Waals surface area contributed by atoms with Crippen molar-refractivity contribution in [1.29, 1.82) is 0 Å². The maximum absolute atomic E-state index is 12.1. The van der Waals surface area contributed by atoms with Gasteiger partial charge in [0.15, 0.2) is 5.78 Å². The van der Waals surface area contributed by atoms with Gasteiger partial charge in [0.05, 0.1) is 6.54 Å². The van der Waals surface area contributed by atoms with Gasteiger partial charge in [-0.2, -0.15) is 0 Å². The largest absolute Gasteiger partial charge is 0.292 e. The number of likely N-dealkylation sites (tertiary alicyclic amines) is 1. The summed E-state index contributed by atoms with van der Waals surface area (Å²) >= 11 is 0. The van der Waals surface area contributed by atoms with Crippen LogP contribution in [0.3, 0.4) is 0 Å². The number of carbonyl (C=O) groups is 3. The molecular formula is C14H15NO3. The second-order valence-corrected chi connectivity index (χ2v) is 4.47. The van der Waals surface area contributed by atoms with E-state index in [1.54, 1.807) is 12.1 Å². The summed E-state index contributed by atoms with van der Waals surface area (Å²) in [5.74, 6) is -0.668. The molecule has 0 spiro atoms. The molecule has 1 aliphatic heterocycles. The quantitative estimate of drug-likeness (QED) is 0.601. The van der Waals surface area contributed by atoms with Crippen LogP contribution in [0, 0.1) is 6.92 Å². The fraction of sp³-hybridized carbons (Fsp3) is 0.357. The zero-order valence-electron chi connectivity index (χ0n) is 10.3. The van der Waals surface area contributed by atoms with E-state index in [0.717, 1.165) is 10.5 Å². The molecule has 0 unspecified atom stereocenters. The molecule has 0 aromatic heterocycles. The van der Waals surface area contributed by atoms with Crippen LogP contribution in [0.1, 0.15) is 35.2 Å². The Morgan fingerprint density at radius 3 is 2.39 bits per heavy atom. The number of benzene rings is 1. The Morgan fingerprint density at radius 1 is 1.17 bits per heavy atom. The standard InChI is InChI=1S/C14H15NO3/c1-10-5-2-3-6-11(10)12(16)9-15-13(17)7-4-8-14(15)18/h2-3,5-6H,4,7-9H2,1H3. The molecule has 94 valence electrons. The minimum absolute atomic E-state index is 0.136. The van der Waals surface area contributed by atoms with E-state index in [4.69, 9.17) is 0 Å². The highest BCUT2D eigenvalue weighted by atomic mass is 16.2. The number of Topliss-reactive ketones (excluding diaryl/α,β-unsaturated/α-hetero) is 1. The molecule has 2 rings (SSSR count). The lowest BCUT2D eigenvalue weighted by Crippen LogP contribution is -2.43. The lowest BCUT2D eigenvalue weighted by molar-refractivity contribution is -0.147. The molecule has 18 heavy (non-hydrogen) atoms. The summed E-state index contributed by atoms with van der Waals surface area (Å²) in [5, 5.41) is 0. The van der Waals surface area contributed by atoms with Crippen LogP contribution in [0.2, 0.25) is 0 Å². The van der Waals surface area contributed by atoms with Gasteiger partial charge in [-0.1, -0.05) is 24.3 Å². The normalized spacial score (nSPS) is 15.9. The zero-order valence-corrected chi connectivity index (χ0v) is 10.3. The summed E-state index contributed by atoms with van der Waals surface area (Å²) < 4.78 is 0. The molecule has 1 aliphatic rings. The number of piperidine rings is 1. The summed E-state index contributed by atoms with van der Waals surface area (Å²) in [7, 11) is 0. The van der Waals surface area contributed by atoms with Gasteiger partial charge < -0.3 is 0 Å². The minimum atomic E-state index is -0.242. The Bertz CT molecular complexity index is 492. The van der Waals surface area contributed by atoms with Crippen LogP contribution in [-0.4, -0.2) is 29.0 Å². The SMILES string of the molecule is Cc1ccccc1C(=O)CN1C(=O)CCCC1=O. The van der Waals surface area contributed by atoms with E-state index in [1.165, 1.54) is 0 Å². The van der Waals surface area contributed by atoms with Crippen molar-refractivity contribution in [3.05, 3.63) is 35.4 Å². The molecule has 1 saturated heterocycles. The minimum Gasteiger partial charge on any atom is -0.292 e.